The topological polar surface area (TPSA) is 35.5 Å². The maximum absolute atomic E-state index is 10.7. The van der Waals surface area contributed by atoms with Crippen LogP contribution in [-0.2, 0) is 6.54 Å². The number of nitrogens with zero attached hydrogens (tertiary/aromatic N) is 1. The van der Waals surface area contributed by atoms with Crippen LogP contribution in [0.3, 0.4) is 0 Å². The molecule has 0 aromatic heterocycles. The SMILES string of the molecule is OC1[C@@H]2CCC[C@@H]2c2cccc3c2N1CCNC3. The van der Waals surface area contributed by atoms with E-state index in [-0.39, 0.29) is 6.23 Å². The van der Waals surface area contributed by atoms with Gasteiger partial charge in [-0.15, -0.1) is 0 Å². The Balaban J connectivity index is 1.91. The Hall–Kier alpha value is -1.06. The van der Waals surface area contributed by atoms with Crippen LogP contribution in [0.1, 0.15) is 36.3 Å². The molecule has 18 heavy (non-hydrogen) atoms. The van der Waals surface area contributed by atoms with Crippen LogP contribution >= 0.6 is 0 Å². The smallest absolute Gasteiger partial charge is 0.130 e. The molecule has 0 bridgehead atoms. The van der Waals surface area contributed by atoms with Gasteiger partial charge in [0.15, 0.2) is 0 Å². The van der Waals surface area contributed by atoms with Crippen molar-refractivity contribution >= 4 is 5.69 Å². The summed E-state index contributed by atoms with van der Waals surface area (Å²) in [4.78, 5) is 2.25. The van der Waals surface area contributed by atoms with E-state index in [2.05, 4.69) is 28.4 Å². The van der Waals surface area contributed by atoms with Crippen molar-refractivity contribution in [3.63, 3.8) is 0 Å². The lowest BCUT2D eigenvalue weighted by Crippen LogP contribution is -2.47. The van der Waals surface area contributed by atoms with Crippen LogP contribution in [0.15, 0.2) is 18.2 Å². The standard InChI is InChI=1S/C15H20N2O/c18-15-13-6-2-4-11(13)12-5-1-3-10-9-16-7-8-17(15)14(10)12/h1,3,5,11,13,15-16,18H,2,4,6-9H2/t11-,13-,15?/m1/s1. The summed E-state index contributed by atoms with van der Waals surface area (Å²) in [6, 6.07) is 6.67. The summed E-state index contributed by atoms with van der Waals surface area (Å²) in [7, 11) is 0. The lowest BCUT2D eigenvalue weighted by molar-refractivity contribution is 0.0902. The maximum Gasteiger partial charge on any atom is 0.130 e. The van der Waals surface area contributed by atoms with Crippen LogP contribution in [-0.4, -0.2) is 24.4 Å². The molecule has 96 valence electrons. The molecule has 1 saturated carbocycles. The Morgan fingerprint density at radius 1 is 1.28 bits per heavy atom. The molecule has 3 atom stereocenters. The van der Waals surface area contributed by atoms with Crippen LogP contribution < -0.4 is 10.2 Å². The van der Waals surface area contributed by atoms with E-state index in [9.17, 15) is 5.11 Å². The van der Waals surface area contributed by atoms with E-state index in [0.29, 0.717) is 11.8 Å². The van der Waals surface area contributed by atoms with Crippen molar-refractivity contribution < 1.29 is 5.11 Å². The van der Waals surface area contributed by atoms with Crippen LogP contribution in [0, 0.1) is 5.92 Å². The number of hydrogen-bond donors (Lipinski definition) is 2. The molecule has 1 aromatic carbocycles. The summed E-state index contributed by atoms with van der Waals surface area (Å²) >= 11 is 0. The van der Waals surface area contributed by atoms with Gasteiger partial charge in [0.2, 0.25) is 0 Å². The largest absolute Gasteiger partial charge is 0.373 e. The van der Waals surface area contributed by atoms with E-state index in [1.54, 1.807) is 0 Å². The molecule has 0 amide bonds. The normalized spacial score (nSPS) is 33.8. The summed E-state index contributed by atoms with van der Waals surface area (Å²) in [6.45, 7) is 2.82. The predicted molar refractivity (Wildman–Crippen MR) is 71.6 cm³/mol. The van der Waals surface area contributed by atoms with Gasteiger partial charge in [-0.2, -0.15) is 0 Å². The van der Waals surface area contributed by atoms with Gasteiger partial charge in [0.05, 0.1) is 0 Å². The Kier molecular flexibility index (Phi) is 2.39. The highest BCUT2D eigenvalue weighted by Crippen LogP contribution is 2.50. The number of fused-ring (bicyclic) bond motifs is 2. The molecular weight excluding hydrogens is 224 g/mol. The van der Waals surface area contributed by atoms with Gasteiger partial charge in [0.25, 0.3) is 0 Å². The third kappa shape index (κ3) is 1.38. The van der Waals surface area contributed by atoms with Gasteiger partial charge < -0.3 is 15.3 Å². The minimum atomic E-state index is -0.272. The van der Waals surface area contributed by atoms with E-state index >= 15 is 0 Å². The minimum Gasteiger partial charge on any atom is -0.373 e. The second-order valence-corrected chi connectivity index (χ2v) is 5.84. The number of nitrogens with one attached hydrogen (secondary N) is 1. The fraction of sp³-hybridized carbons (Fsp3) is 0.600. The molecule has 0 spiro atoms. The van der Waals surface area contributed by atoms with Crippen LogP contribution in [0.2, 0.25) is 0 Å². The minimum absolute atomic E-state index is 0.272. The van der Waals surface area contributed by atoms with Gasteiger partial charge in [-0.05, 0) is 29.9 Å². The molecule has 2 aliphatic heterocycles. The summed E-state index contributed by atoms with van der Waals surface area (Å²) in [5.74, 6) is 1.04. The molecule has 2 N–H and O–H groups in total. The quantitative estimate of drug-likeness (QED) is 0.730. The zero-order chi connectivity index (χ0) is 12.1. The van der Waals surface area contributed by atoms with E-state index < -0.39 is 0 Å². The van der Waals surface area contributed by atoms with Crippen LogP contribution in [0.25, 0.3) is 0 Å². The van der Waals surface area contributed by atoms with Gasteiger partial charge in [-0.3, -0.25) is 0 Å². The van der Waals surface area contributed by atoms with Crippen molar-refractivity contribution in [3.8, 4) is 0 Å². The molecule has 2 heterocycles. The summed E-state index contributed by atoms with van der Waals surface area (Å²) in [6.07, 6.45) is 3.42. The fourth-order valence-corrected chi connectivity index (χ4v) is 4.17. The third-order valence-corrected chi connectivity index (χ3v) is 4.95. The number of anilines is 1. The van der Waals surface area contributed by atoms with Crippen molar-refractivity contribution in [1.82, 2.24) is 5.32 Å². The Morgan fingerprint density at radius 3 is 3.17 bits per heavy atom. The zero-order valence-electron chi connectivity index (χ0n) is 10.6. The molecular formula is C15H20N2O. The molecule has 0 saturated heterocycles. The van der Waals surface area contributed by atoms with Gasteiger partial charge >= 0.3 is 0 Å². The second kappa shape index (κ2) is 3.97. The second-order valence-electron chi connectivity index (χ2n) is 5.84. The molecule has 3 heteroatoms. The number of aliphatic hydroxyl groups is 1. The average molecular weight is 244 g/mol. The first-order chi connectivity index (χ1) is 8.86. The zero-order valence-corrected chi connectivity index (χ0v) is 10.6. The van der Waals surface area contributed by atoms with E-state index in [1.165, 1.54) is 36.1 Å². The molecule has 1 aliphatic carbocycles. The van der Waals surface area contributed by atoms with Crippen LogP contribution in [0.5, 0.6) is 0 Å². The van der Waals surface area contributed by atoms with E-state index in [4.69, 9.17) is 0 Å². The molecule has 1 fully saturated rings. The lowest BCUT2D eigenvalue weighted by atomic mass is 9.81. The highest BCUT2D eigenvalue weighted by atomic mass is 16.3. The molecule has 1 unspecified atom stereocenters. The van der Waals surface area contributed by atoms with Gasteiger partial charge in [-0.25, -0.2) is 0 Å². The average Bonchev–Trinajstić information content (AvgIpc) is 2.78. The summed E-state index contributed by atoms with van der Waals surface area (Å²) in [5.41, 5.74) is 4.18. The molecule has 3 aliphatic rings. The highest BCUT2D eigenvalue weighted by molar-refractivity contribution is 5.64. The Labute approximate surface area is 108 Å². The first-order valence-corrected chi connectivity index (χ1v) is 7.13. The monoisotopic (exact) mass is 244 g/mol. The lowest BCUT2D eigenvalue weighted by Gasteiger charge is -2.43. The molecule has 4 rings (SSSR count). The molecule has 0 radical (unpaired) electrons. The first kappa shape index (κ1) is 10.8. The van der Waals surface area contributed by atoms with E-state index in [1.807, 2.05) is 0 Å². The Bertz CT molecular complexity index is 474. The van der Waals surface area contributed by atoms with E-state index in [0.717, 1.165) is 19.6 Å². The van der Waals surface area contributed by atoms with Crippen molar-refractivity contribution in [3.05, 3.63) is 29.3 Å². The number of aliphatic hydroxyl groups excluding tert-OH is 1. The van der Waals surface area contributed by atoms with Crippen molar-refractivity contribution in [2.75, 3.05) is 18.0 Å². The van der Waals surface area contributed by atoms with Gasteiger partial charge in [0, 0.05) is 31.2 Å². The first-order valence-electron chi connectivity index (χ1n) is 7.13. The van der Waals surface area contributed by atoms with Crippen LogP contribution in [0.4, 0.5) is 5.69 Å². The highest BCUT2D eigenvalue weighted by Gasteiger charge is 2.43. The number of benzene rings is 1. The van der Waals surface area contributed by atoms with Crippen molar-refractivity contribution in [1.29, 1.82) is 0 Å². The van der Waals surface area contributed by atoms with Crippen molar-refractivity contribution in [2.24, 2.45) is 5.92 Å². The van der Waals surface area contributed by atoms with Gasteiger partial charge in [0.1, 0.15) is 6.23 Å². The van der Waals surface area contributed by atoms with Gasteiger partial charge in [-0.1, -0.05) is 24.6 Å². The third-order valence-electron chi connectivity index (χ3n) is 4.95. The number of rotatable bonds is 0. The Morgan fingerprint density at radius 2 is 2.22 bits per heavy atom. The molecule has 1 aromatic rings. The maximum atomic E-state index is 10.7. The fourth-order valence-electron chi connectivity index (χ4n) is 4.17. The molecule has 3 nitrogen and oxygen atoms in total. The number of hydrogen-bond acceptors (Lipinski definition) is 3. The van der Waals surface area contributed by atoms with Crippen molar-refractivity contribution in [2.45, 2.75) is 38.0 Å². The summed E-state index contributed by atoms with van der Waals surface area (Å²) < 4.78 is 0. The number of para-hydroxylation sites is 1. The predicted octanol–water partition coefficient (Wildman–Crippen LogP) is 1.81. The summed E-state index contributed by atoms with van der Waals surface area (Å²) in [5, 5.41) is 14.1.